The number of amides is 23. The SMILES string of the molecule is CC(=O)NC(C)(C)C(=O)N[C@@H](C)C(=O)N[C@@H](C)C(=O)N[C@@H](C)C(=O)NC(C)(C)C(=O)NC(C)(C)C(=O)N[C@@H](CCC(N)=O)C(=O)NC(C)(C)C(=O)N[C@H](C(=O)NC(C)(C)C(=O)NCC(=O)N[C@@H](CC(C)C)C(=O)NC(C)(C)C(=O)N1CCC[C@H]1C(=O)N[C@H](C(=O)NC(C)(C)C(=O)NC(C)(C)C(=O)N[C@@H](CCC(N)=O)C(=O)N[C@@H](CCC(N)=O)C(=O)N[C@H](CO)Cc1ccccc1)C(C)C)C(C)C. The second kappa shape index (κ2) is 51.2. The van der Waals surface area contributed by atoms with Gasteiger partial charge in [0.05, 0.1) is 19.2 Å². The topological polar surface area (TPSA) is 723 Å². The number of aliphatic hydroxyl groups excluding tert-OH is 1. The lowest BCUT2D eigenvalue weighted by molar-refractivity contribution is -0.146. The molecule has 0 bridgehead atoms. The van der Waals surface area contributed by atoms with E-state index in [1.807, 2.05) is 0 Å². The van der Waals surface area contributed by atoms with Crippen LogP contribution in [0.3, 0.4) is 0 Å². The van der Waals surface area contributed by atoms with E-state index < -0.39 is 297 Å². The van der Waals surface area contributed by atoms with Crippen molar-refractivity contribution in [1.29, 1.82) is 0 Å². The summed E-state index contributed by atoms with van der Waals surface area (Å²) < 4.78 is 0. The second-order valence-corrected chi connectivity index (χ2v) is 39.9. The molecule has 1 aliphatic heterocycles. The van der Waals surface area contributed by atoms with Crippen molar-refractivity contribution in [2.45, 2.75) is 355 Å². The molecule has 1 aromatic rings. The number of nitrogens with one attached hydrogen (secondary N) is 19. The number of carbonyl (C=O) groups excluding carboxylic acids is 23. The lowest BCUT2D eigenvalue weighted by Crippen LogP contribution is -2.66. The minimum absolute atomic E-state index is 0.00579. The Hall–Kier alpha value is -13.0. The number of primary amides is 3. The van der Waals surface area contributed by atoms with Crippen molar-refractivity contribution >= 4 is 136 Å². The molecule has 23 amide bonds. The third-order valence-corrected chi connectivity index (χ3v) is 22.1. The van der Waals surface area contributed by atoms with Gasteiger partial charge in [-0.2, -0.15) is 0 Å². The van der Waals surface area contributed by atoms with E-state index in [2.05, 4.69) is 101 Å². The van der Waals surface area contributed by atoms with Gasteiger partial charge in [-0.3, -0.25) is 110 Å². The molecule has 0 aliphatic carbocycles. The maximum Gasteiger partial charge on any atom is 0.248 e. The zero-order valence-electron chi connectivity index (χ0n) is 83.7. The van der Waals surface area contributed by atoms with Gasteiger partial charge in [-0.05, 0) is 200 Å². The molecule has 0 spiro atoms. The Labute approximate surface area is 799 Å². The minimum Gasteiger partial charge on any atom is -0.394 e. The number of carbonyl (C=O) groups is 23. The van der Waals surface area contributed by atoms with Gasteiger partial charge < -0.3 is 128 Å². The monoisotopic (exact) mass is 1940 g/mol. The summed E-state index contributed by atoms with van der Waals surface area (Å²) >= 11 is 0. The molecule has 137 heavy (non-hydrogen) atoms. The Morgan fingerprint density at radius 1 is 0.372 bits per heavy atom. The molecule has 26 N–H and O–H groups in total. The van der Waals surface area contributed by atoms with Crippen molar-refractivity contribution in [3.63, 3.8) is 0 Å². The van der Waals surface area contributed by atoms with Crippen molar-refractivity contribution in [2.24, 2.45) is 35.0 Å². The fourth-order valence-corrected chi connectivity index (χ4v) is 13.6. The van der Waals surface area contributed by atoms with Gasteiger partial charge in [0, 0.05) is 32.7 Å². The molecule has 0 aromatic heterocycles. The number of rotatable bonds is 54. The van der Waals surface area contributed by atoms with E-state index in [1.165, 1.54) is 143 Å². The number of benzene rings is 1. The predicted octanol–water partition coefficient (Wildman–Crippen LogP) is -5.43. The van der Waals surface area contributed by atoms with Crippen LogP contribution in [0.15, 0.2) is 30.3 Å². The molecule has 11 atom stereocenters. The van der Waals surface area contributed by atoms with Crippen LogP contribution < -0.4 is 118 Å². The molecule has 1 fully saturated rings. The van der Waals surface area contributed by atoms with Crippen molar-refractivity contribution < 1.29 is 115 Å². The number of hydrogen-bond acceptors (Lipinski definition) is 24. The Morgan fingerprint density at radius 2 is 0.730 bits per heavy atom. The van der Waals surface area contributed by atoms with E-state index in [0.29, 0.717) is 6.42 Å². The van der Waals surface area contributed by atoms with E-state index >= 15 is 0 Å². The normalized spacial score (nSPS) is 15.3. The molecule has 0 unspecified atom stereocenters. The summed E-state index contributed by atoms with van der Waals surface area (Å²) in [6, 6.07) is -5.64. The number of nitrogens with zero attached hydrogens (tertiary/aromatic N) is 1. The fraction of sp³-hybridized carbons (Fsp3) is 0.678. The Bertz CT molecular complexity index is 4600. The molecule has 47 nitrogen and oxygen atoms in total. The zero-order valence-corrected chi connectivity index (χ0v) is 83.7. The number of likely N-dealkylation sites (tertiary alicyclic amines) is 1. The first kappa shape index (κ1) is 120. The molecule has 0 saturated carbocycles. The van der Waals surface area contributed by atoms with Gasteiger partial charge in [0.15, 0.2) is 0 Å². The van der Waals surface area contributed by atoms with Gasteiger partial charge in [-0.25, -0.2) is 0 Å². The Morgan fingerprint density at radius 3 is 1.17 bits per heavy atom. The molecule has 2 rings (SSSR count). The molecule has 1 heterocycles. The zero-order chi connectivity index (χ0) is 106. The van der Waals surface area contributed by atoms with Crippen molar-refractivity contribution in [1.82, 2.24) is 106 Å². The van der Waals surface area contributed by atoms with E-state index in [9.17, 15) is 115 Å². The maximum absolute atomic E-state index is 14.6. The molecule has 47 heteroatoms. The average molecular weight is 1940 g/mol. The third kappa shape index (κ3) is 39.0. The van der Waals surface area contributed by atoms with Crippen LogP contribution >= 0.6 is 0 Å². The van der Waals surface area contributed by atoms with Crippen molar-refractivity contribution in [2.75, 3.05) is 19.7 Å². The van der Waals surface area contributed by atoms with Crippen molar-refractivity contribution in [3.05, 3.63) is 35.9 Å². The highest BCUT2D eigenvalue weighted by Crippen LogP contribution is 2.25. The first-order valence-corrected chi connectivity index (χ1v) is 45.4. The highest BCUT2D eigenvalue weighted by atomic mass is 16.3. The smallest absolute Gasteiger partial charge is 0.248 e. The van der Waals surface area contributed by atoms with E-state index in [0.717, 1.165) is 5.56 Å². The number of aliphatic hydroxyl groups is 1. The van der Waals surface area contributed by atoms with Crippen LogP contribution in [-0.4, -0.2) is 276 Å². The largest absolute Gasteiger partial charge is 0.394 e. The van der Waals surface area contributed by atoms with Crippen LogP contribution in [0.1, 0.15) is 243 Å². The number of nitrogens with two attached hydrogens (primary N) is 3. The van der Waals surface area contributed by atoms with Gasteiger partial charge in [-0.15, -0.1) is 0 Å². The Balaban J connectivity index is 2.18. The minimum atomic E-state index is -1.92. The van der Waals surface area contributed by atoms with Gasteiger partial charge >= 0.3 is 0 Å². The lowest BCUT2D eigenvalue weighted by Gasteiger charge is -2.36. The summed E-state index contributed by atoms with van der Waals surface area (Å²) in [7, 11) is 0. The highest BCUT2D eigenvalue weighted by molar-refractivity contribution is 6.05. The molecule has 0 radical (unpaired) electrons. The van der Waals surface area contributed by atoms with E-state index in [1.54, 1.807) is 71.9 Å². The molecular formula is C90H149N23O24. The fourth-order valence-electron chi connectivity index (χ4n) is 13.6. The molecule has 1 saturated heterocycles. The molecular weight excluding hydrogens is 1790 g/mol. The molecule has 768 valence electrons. The summed E-state index contributed by atoms with van der Waals surface area (Å²) in [5.41, 5.74) is 2.69. The standard InChI is InChI=1S/C90H149N23O24/c1-45(2)41-57(71(126)108-90(25,26)82(137)113-40-30-33-58(113)72(127)103-63(46(3)4)73(128)110-89(23,24)81(136)112-86(17,18)77(132)101-55(35-38-60(92)117)69(124)100-54(34-37-59(91)116)68(123)98-53(44-114)42-52-31-28-27-29-32-52)99-62(119)43-94-75(130)83(11,12)109-74(129)64(47(5)6)104-79(134)85(15,16)107-70(125)56(36-39-61(93)118)102-78(133)87(19,20)111-80(135)88(21,22)106-67(122)50(9)96-65(120)48(7)95-66(121)49(8)97-76(131)84(13,14)105-51(10)115/h27-29,31-32,45-50,53-58,63-64,114H,30,33-44H2,1-26H3,(H2,91,116)(H2,92,117)(H2,93,118)(H,94,130)(H,95,121)(H,96,120)(H,97,131)(H,98,123)(H,99,119)(H,100,124)(H,101,132)(H,102,133)(H,103,127)(H,104,134)(H,105,115)(H,106,122)(H,107,125)(H,108,126)(H,109,129)(H,110,128)(H,111,135)(H,112,136)/t48-,49-,50-,53-,54-,55-,56-,57-,58-,63-,64-/m0/s1. The second-order valence-electron chi connectivity index (χ2n) is 39.9. The first-order valence-electron chi connectivity index (χ1n) is 45.4. The van der Waals surface area contributed by atoms with Crippen LogP contribution in [0.5, 0.6) is 0 Å². The van der Waals surface area contributed by atoms with Crippen LogP contribution in [-0.2, 0) is 117 Å². The lowest BCUT2D eigenvalue weighted by atomic mass is 9.96. The van der Waals surface area contributed by atoms with Crippen molar-refractivity contribution in [3.8, 4) is 0 Å². The van der Waals surface area contributed by atoms with Crippen LogP contribution in [0.25, 0.3) is 0 Å². The summed E-state index contributed by atoms with van der Waals surface area (Å²) in [5, 5.41) is 58.1. The van der Waals surface area contributed by atoms with Crippen LogP contribution in [0.4, 0.5) is 0 Å². The maximum atomic E-state index is 14.6. The predicted molar refractivity (Wildman–Crippen MR) is 499 cm³/mol. The van der Waals surface area contributed by atoms with Gasteiger partial charge in [0.25, 0.3) is 0 Å². The molecule has 1 aromatic carbocycles. The first-order chi connectivity index (χ1) is 62.7. The highest BCUT2D eigenvalue weighted by Gasteiger charge is 2.48. The van der Waals surface area contributed by atoms with Crippen LogP contribution in [0, 0.1) is 17.8 Å². The van der Waals surface area contributed by atoms with E-state index in [4.69, 9.17) is 17.2 Å². The summed E-state index contributed by atoms with van der Waals surface area (Å²) in [6.07, 6.45) is -1.81. The van der Waals surface area contributed by atoms with Crippen LogP contribution in [0.2, 0.25) is 0 Å². The Kier molecular flexibility index (Phi) is 44.9. The van der Waals surface area contributed by atoms with E-state index in [-0.39, 0.29) is 44.6 Å². The van der Waals surface area contributed by atoms with Gasteiger partial charge in [0.1, 0.15) is 105 Å². The van der Waals surface area contributed by atoms with Gasteiger partial charge in [-0.1, -0.05) is 71.9 Å². The summed E-state index contributed by atoms with van der Waals surface area (Å²) in [5.74, 6) is -21.4. The summed E-state index contributed by atoms with van der Waals surface area (Å²) in [4.78, 5) is 312. The summed E-state index contributed by atoms with van der Waals surface area (Å²) in [6.45, 7) is 34.6. The average Bonchev–Trinajstić information content (AvgIpc) is 1.54. The van der Waals surface area contributed by atoms with Gasteiger partial charge in [0.2, 0.25) is 136 Å². The quantitative estimate of drug-likeness (QED) is 0.0289. The number of hydrogen-bond donors (Lipinski definition) is 23. The third-order valence-electron chi connectivity index (χ3n) is 22.1. The molecule has 1 aliphatic rings.